The number of benzene rings is 1. The van der Waals surface area contributed by atoms with E-state index in [9.17, 15) is 0 Å². The van der Waals surface area contributed by atoms with Crippen molar-refractivity contribution in [1.82, 2.24) is 19.5 Å². The van der Waals surface area contributed by atoms with E-state index in [2.05, 4.69) is 20.3 Å². The van der Waals surface area contributed by atoms with Crippen molar-refractivity contribution in [3.8, 4) is 5.88 Å². The molecule has 0 aliphatic rings. The molecule has 21 heavy (non-hydrogen) atoms. The number of fused-ring (bicyclic) bond motifs is 1. The van der Waals surface area contributed by atoms with Crippen molar-refractivity contribution in [3.63, 3.8) is 0 Å². The van der Waals surface area contributed by atoms with Crippen LogP contribution in [0.15, 0.2) is 30.6 Å². The van der Waals surface area contributed by atoms with Crippen LogP contribution in [-0.2, 0) is 13.6 Å². The summed E-state index contributed by atoms with van der Waals surface area (Å²) in [5.41, 5.74) is 8.95. The molecule has 2 aromatic heterocycles. The number of ether oxygens (including phenoxy) is 1. The third-order valence-electron chi connectivity index (χ3n) is 3.20. The van der Waals surface area contributed by atoms with Crippen LogP contribution in [0.4, 0.5) is 11.6 Å². The van der Waals surface area contributed by atoms with Crippen molar-refractivity contribution < 1.29 is 4.74 Å². The Labute approximate surface area is 121 Å². The number of nitrogens with one attached hydrogen (secondary N) is 1. The molecular formula is C14H16N6O. The van der Waals surface area contributed by atoms with Gasteiger partial charge in [-0.05, 0) is 11.6 Å². The van der Waals surface area contributed by atoms with Gasteiger partial charge in [-0.15, -0.1) is 0 Å². The quantitative estimate of drug-likeness (QED) is 0.755. The van der Waals surface area contributed by atoms with E-state index in [1.54, 1.807) is 13.4 Å². The van der Waals surface area contributed by atoms with E-state index in [1.165, 1.54) is 0 Å². The number of imidazole rings is 1. The van der Waals surface area contributed by atoms with E-state index >= 15 is 0 Å². The first-order valence-electron chi connectivity index (χ1n) is 6.51. The number of methoxy groups -OCH3 is 1. The van der Waals surface area contributed by atoms with Crippen LogP contribution in [0.3, 0.4) is 0 Å². The maximum absolute atomic E-state index is 5.74. The summed E-state index contributed by atoms with van der Waals surface area (Å²) in [4.78, 5) is 13.0. The molecule has 0 radical (unpaired) electrons. The minimum atomic E-state index is 0.438. The fraction of sp³-hybridized carbons (Fsp3) is 0.214. The molecule has 0 saturated heterocycles. The van der Waals surface area contributed by atoms with Gasteiger partial charge in [-0.3, -0.25) is 0 Å². The predicted molar refractivity (Wildman–Crippen MR) is 80.5 cm³/mol. The van der Waals surface area contributed by atoms with Gasteiger partial charge in [0.05, 0.1) is 13.4 Å². The van der Waals surface area contributed by atoms with Gasteiger partial charge >= 0.3 is 0 Å². The van der Waals surface area contributed by atoms with Crippen molar-refractivity contribution in [1.29, 1.82) is 0 Å². The Hall–Kier alpha value is -2.67. The lowest BCUT2D eigenvalue weighted by atomic mass is 10.2. The van der Waals surface area contributed by atoms with Crippen LogP contribution >= 0.6 is 0 Å². The molecule has 7 nitrogen and oxygen atoms in total. The Bertz CT molecular complexity index is 782. The number of hydrogen-bond acceptors (Lipinski definition) is 6. The van der Waals surface area contributed by atoms with E-state index in [1.807, 2.05) is 35.9 Å². The molecule has 0 amide bonds. The second-order valence-corrected chi connectivity index (χ2v) is 4.57. The van der Waals surface area contributed by atoms with E-state index in [0.717, 1.165) is 11.3 Å². The van der Waals surface area contributed by atoms with Crippen LogP contribution in [0.25, 0.3) is 11.2 Å². The van der Waals surface area contributed by atoms with Crippen LogP contribution in [0.5, 0.6) is 5.88 Å². The van der Waals surface area contributed by atoms with E-state index in [0.29, 0.717) is 29.5 Å². The third kappa shape index (κ3) is 2.38. The van der Waals surface area contributed by atoms with Gasteiger partial charge in [0.15, 0.2) is 11.2 Å². The summed E-state index contributed by atoms with van der Waals surface area (Å²) >= 11 is 0. The van der Waals surface area contributed by atoms with Crippen LogP contribution in [-0.4, -0.2) is 26.6 Å². The van der Waals surface area contributed by atoms with Gasteiger partial charge in [-0.1, -0.05) is 18.2 Å². The highest BCUT2D eigenvalue weighted by Gasteiger charge is 2.13. The van der Waals surface area contributed by atoms with Gasteiger partial charge in [0.25, 0.3) is 0 Å². The molecule has 3 aromatic rings. The molecule has 3 rings (SSSR count). The fourth-order valence-corrected chi connectivity index (χ4v) is 2.12. The molecule has 0 aliphatic heterocycles. The summed E-state index contributed by atoms with van der Waals surface area (Å²) in [6.45, 7) is 0.439. The number of hydrogen-bond donors (Lipinski definition) is 2. The maximum atomic E-state index is 5.74. The Kier molecular flexibility index (Phi) is 3.41. The Morgan fingerprint density at radius 3 is 2.86 bits per heavy atom. The molecule has 0 spiro atoms. The molecule has 0 fully saturated rings. The second-order valence-electron chi connectivity index (χ2n) is 4.57. The Balaban J connectivity index is 2.06. The number of aromatic nitrogens is 4. The van der Waals surface area contributed by atoms with Crippen molar-refractivity contribution in [3.05, 3.63) is 36.2 Å². The number of nitrogens with two attached hydrogens (primary N) is 1. The SMILES string of the molecule is COc1nc(Nc2ccccc2CN)nc2c1ncn2C. The van der Waals surface area contributed by atoms with Gasteiger partial charge in [-0.2, -0.15) is 9.97 Å². The van der Waals surface area contributed by atoms with Crippen molar-refractivity contribution >= 4 is 22.8 Å². The summed E-state index contributed by atoms with van der Waals surface area (Å²) in [6.07, 6.45) is 1.68. The molecular weight excluding hydrogens is 268 g/mol. The normalized spacial score (nSPS) is 10.8. The molecule has 0 saturated carbocycles. The molecule has 1 aromatic carbocycles. The standard InChI is InChI=1S/C14H16N6O/c1-20-8-16-11-12(20)18-14(19-13(11)21-2)17-10-6-4-3-5-9(10)7-15/h3-6,8H,7,15H2,1-2H3,(H,17,18,19). The predicted octanol–water partition coefficient (Wildman–Crippen LogP) is 1.57. The van der Waals surface area contributed by atoms with Crippen LogP contribution in [0.1, 0.15) is 5.56 Å². The van der Waals surface area contributed by atoms with E-state index < -0.39 is 0 Å². The molecule has 0 atom stereocenters. The first kappa shape index (κ1) is 13.3. The molecule has 2 heterocycles. The highest BCUT2D eigenvalue weighted by atomic mass is 16.5. The second kappa shape index (κ2) is 5.37. The minimum absolute atomic E-state index is 0.438. The van der Waals surface area contributed by atoms with Crippen LogP contribution in [0, 0.1) is 0 Å². The lowest BCUT2D eigenvalue weighted by Crippen LogP contribution is -2.05. The van der Waals surface area contributed by atoms with Crippen molar-refractivity contribution in [2.24, 2.45) is 12.8 Å². The lowest BCUT2D eigenvalue weighted by Gasteiger charge is -2.10. The lowest BCUT2D eigenvalue weighted by molar-refractivity contribution is 0.402. The van der Waals surface area contributed by atoms with Crippen LogP contribution in [0.2, 0.25) is 0 Å². The first-order valence-corrected chi connectivity index (χ1v) is 6.51. The topological polar surface area (TPSA) is 90.9 Å². The molecule has 0 unspecified atom stereocenters. The van der Waals surface area contributed by atoms with E-state index in [-0.39, 0.29) is 0 Å². The molecule has 108 valence electrons. The largest absolute Gasteiger partial charge is 0.479 e. The summed E-state index contributed by atoms with van der Waals surface area (Å²) in [5, 5.41) is 3.18. The summed E-state index contributed by atoms with van der Waals surface area (Å²) in [7, 11) is 3.44. The Morgan fingerprint density at radius 2 is 2.10 bits per heavy atom. The number of rotatable bonds is 4. The number of aryl methyl sites for hydroxylation is 1. The highest BCUT2D eigenvalue weighted by Crippen LogP contribution is 2.24. The molecule has 0 bridgehead atoms. The third-order valence-corrected chi connectivity index (χ3v) is 3.20. The van der Waals surface area contributed by atoms with Gasteiger partial charge < -0.3 is 20.4 Å². The first-order chi connectivity index (χ1) is 10.2. The van der Waals surface area contributed by atoms with Gasteiger partial charge in [0.1, 0.15) is 0 Å². The van der Waals surface area contributed by atoms with Crippen LogP contribution < -0.4 is 15.8 Å². The zero-order valence-electron chi connectivity index (χ0n) is 11.9. The monoisotopic (exact) mass is 284 g/mol. The number of para-hydroxylation sites is 1. The zero-order valence-corrected chi connectivity index (χ0v) is 11.9. The minimum Gasteiger partial charge on any atom is -0.479 e. The van der Waals surface area contributed by atoms with Gasteiger partial charge in [0.2, 0.25) is 11.8 Å². The molecule has 3 N–H and O–H groups in total. The van der Waals surface area contributed by atoms with Crippen molar-refractivity contribution in [2.45, 2.75) is 6.54 Å². The summed E-state index contributed by atoms with van der Waals surface area (Å²) in [6, 6.07) is 7.77. The average Bonchev–Trinajstić information content (AvgIpc) is 2.89. The zero-order chi connectivity index (χ0) is 14.8. The number of nitrogens with zero attached hydrogens (tertiary/aromatic N) is 4. The number of anilines is 2. The summed E-state index contributed by atoms with van der Waals surface area (Å²) < 4.78 is 7.10. The maximum Gasteiger partial charge on any atom is 0.246 e. The van der Waals surface area contributed by atoms with Gasteiger partial charge in [0, 0.05) is 19.3 Å². The summed E-state index contributed by atoms with van der Waals surface area (Å²) in [5.74, 6) is 0.886. The average molecular weight is 284 g/mol. The molecule has 7 heteroatoms. The highest BCUT2D eigenvalue weighted by molar-refractivity contribution is 5.78. The Morgan fingerprint density at radius 1 is 1.29 bits per heavy atom. The van der Waals surface area contributed by atoms with E-state index in [4.69, 9.17) is 10.5 Å². The fourth-order valence-electron chi connectivity index (χ4n) is 2.12. The van der Waals surface area contributed by atoms with Crippen molar-refractivity contribution in [2.75, 3.05) is 12.4 Å². The van der Waals surface area contributed by atoms with Gasteiger partial charge in [-0.25, -0.2) is 4.98 Å². The molecule has 0 aliphatic carbocycles. The smallest absolute Gasteiger partial charge is 0.246 e.